The number of hydrogen-bond acceptors (Lipinski definition) is 5. The molecule has 130 valence electrons. The minimum Gasteiger partial charge on any atom is -0.486 e. The normalized spacial score (nSPS) is 12.6. The van der Waals surface area contributed by atoms with E-state index in [4.69, 9.17) is 9.47 Å². The summed E-state index contributed by atoms with van der Waals surface area (Å²) in [5, 5.41) is 13.8. The van der Waals surface area contributed by atoms with Gasteiger partial charge in [0, 0.05) is 17.1 Å². The van der Waals surface area contributed by atoms with E-state index in [1.807, 2.05) is 0 Å². The molecule has 0 saturated heterocycles. The van der Waals surface area contributed by atoms with Gasteiger partial charge in [-0.1, -0.05) is 15.9 Å². The molecule has 9 heteroatoms. The molecule has 7 nitrogen and oxygen atoms in total. The van der Waals surface area contributed by atoms with E-state index >= 15 is 0 Å². The fourth-order valence-corrected chi connectivity index (χ4v) is 2.75. The van der Waals surface area contributed by atoms with E-state index in [2.05, 4.69) is 21.2 Å². The summed E-state index contributed by atoms with van der Waals surface area (Å²) in [5.41, 5.74) is -0.0321. The van der Waals surface area contributed by atoms with Gasteiger partial charge in [-0.2, -0.15) is 0 Å². The van der Waals surface area contributed by atoms with Crippen molar-refractivity contribution in [2.24, 2.45) is 0 Å². The van der Waals surface area contributed by atoms with Gasteiger partial charge in [-0.3, -0.25) is 14.9 Å². The van der Waals surface area contributed by atoms with Gasteiger partial charge in [0.2, 0.25) is 0 Å². The Kier molecular flexibility index (Phi) is 4.84. The van der Waals surface area contributed by atoms with E-state index < -0.39 is 16.6 Å². The molecule has 3 rings (SSSR count). The first-order chi connectivity index (χ1) is 12.0. The van der Waals surface area contributed by atoms with Crippen LogP contribution in [0, 0.1) is 15.9 Å². The largest absolute Gasteiger partial charge is 0.486 e. The maximum atomic E-state index is 13.3. The van der Waals surface area contributed by atoms with E-state index in [0.717, 1.165) is 0 Å². The molecule has 0 aromatic heterocycles. The van der Waals surface area contributed by atoms with Crippen LogP contribution in [0.5, 0.6) is 11.5 Å². The number of carbonyl (C=O) groups excluding carboxylic acids is 1. The van der Waals surface area contributed by atoms with Crippen LogP contribution >= 0.6 is 15.9 Å². The van der Waals surface area contributed by atoms with Gasteiger partial charge in [0.15, 0.2) is 11.5 Å². The highest BCUT2D eigenvalue weighted by Gasteiger charge is 2.26. The van der Waals surface area contributed by atoms with Crippen LogP contribution in [-0.4, -0.2) is 24.0 Å². The molecule has 0 fully saturated rings. The van der Waals surface area contributed by atoms with Crippen LogP contribution in [0.15, 0.2) is 34.8 Å². The van der Waals surface area contributed by atoms with Crippen molar-refractivity contribution in [2.75, 3.05) is 13.2 Å². The lowest BCUT2D eigenvalue weighted by Gasteiger charge is -2.19. The van der Waals surface area contributed by atoms with Crippen molar-refractivity contribution in [1.82, 2.24) is 5.32 Å². The monoisotopic (exact) mass is 410 g/mol. The van der Waals surface area contributed by atoms with Crippen molar-refractivity contribution in [3.63, 3.8) is 0 Å². The van der Waals surface area contributed by atoms with Crippen LogP contribution < -0.4 is 14.8 Å². The Morgan fingerprint density at radius 1 is 1.24 bits per heavy atom. The summed E-state index contributed by atoms with van der Waals surface area (Å²) < 4.78 is 24.6. The zero-order valence-corrected chi connectivity index (χ0v) is 14.3. The maximum absolute atomic E-state index is 13.3. The molecule has 0 unspecified atom stereocenters. The van der Waals surface area contributed by atoms with Crippen LogP contribution in [-0.2, 0) is 6.54 Å². The lowest BCUT2D eigenvalue weighted by molar-refractivity contribution is -0.385. The van der Waals surface area contributed by atoms with Gasteiger partial charge >= 0.3 is 0 Å². The van der Waals surface area contributed by atoms with E-state index in [0.29, 0.717) is 16.6 Å². The Bertz CT molecular complexity index is 859. The number of amides is 1. The number of nitro groups is 1. The molecule has 0 aliphatic carbocycles. The van der Waals surface area contributed by atoms with Gasteiger partial charge < -0.3 is 14.8 Å². The van der Waals surface area contributed by atoms with Gasteiger partial charge in [-0.25, -0.2) is 4.39 Å². The summed E-state index contributed by atoms with van der Waals surface area (Å²) in [5.74, 6) is -0.617. The predicted molar refractivity (Wildman–Crippen MR) is 89.4 cm³/mol. The summed E-state index contributed by atoms with van der Waals surface area (Å²) in [7, 11) is 0. The molecule has 1 aliphatic heterocycles. The summed E-state index contributed by atoms with van der Waals surface area (Å²) in [6.07, 6.45) is 0. The highest BCUT2D eigenvalue weighted by Crippen LogP contribution is 2.36. The SMILES string of the molecule is O=C(NCc1cc(F)ccc1Br)c1cc2c(cc1[N+](=O)[O-])OCCO2. The van der Waals surface area contributed by atoms with Gasteiger partial charge in [-0.15, -0.1) is 0 Å². The molecule has 1 heterocycles. The summed E-state index contributed by atoms with van der Waals surface area (Å²) in [4.78, 5) is 23.0. The van der Waals surface area contributed by atoms with Crippen molar-refractivity contribution in [3.05, 3.63) is 61.9 Å². The zero-order chi connectivity index (χ0) is 18.0. The standard InChI is InChI=1S/C16H12BrFN2O5/c17-12-2-1-10(18)5-9(12)8-19-16(21)11-6-14-15(25-4-3-24-14)7-13(11)20(22)23/h1-2,5-7H,3-4,8H2,(H,19,21). The number of benzene rings is 2. The molecule has 0 bridgehead atoms. The van der Waals surface area contributed by atoms with E-state index in [1.165, 1.54) is 30.3 Å². The Morgan fingerprint density at radius 3 is 2.60 bits per heavy atom. The fourth-order valence-electron chi connectivity index (χ4n) is 2.36. The van der Waals surface area contributed by atoms with Crippen molar-refractivity contribution in [3.8, 4) is 11.5 Å². The van der Waals surface area contributed by atoms with Gasteiger partial charge in [-0.05, 0) is 23.8 Å². The summed E-state index contributed by atoms with van der Waals surface area (Å²) >= 11 is 3.26. The Morgan fingerprint density at radius 2 is 1.92 bits per heavy atom. The zero-order valence-electron chi connectivity index (χ0n) is 12.8. The molecular formula is C16H12BrFN2O5. The average Bonchev–Trinajstić information content (AvgIpc) is 2.61. The Labute approximate surface area is 150 Å². The lowest BCUT2D eigenvalue weighted by Crippen LogP contribution is -2.25. The van der Waals surface area contributed by atoms with Crippen LogP contribution in [0.4, 0.5) is 10.1 Å². The third-order valence-electron chi connectivity index (χ3n) is 3.55. The third-order valence-corrected chi connectivity index (χ3v) is 4.32. The van der Waals surface area contributed by atoms with Gasteiger partial charge in [0.1, 0.15) is 24.6 Å². The Hall–Kier alpha value is -2.68. The molecule has 1 amide bonds. The second-order valence-electron chi connectivity index (χ2n) is 5.19. The average molecular weight is 411 g/mol. The van der Waals surface area contributed by atoms with Gasteiger partial charge in [0.25, 0.3) is 11.6 Å². The topological polar surface area (TPSA) is 90.7 Å². The first kappa shape index (κ1) is 17.2. The van der Waals surface area contributed by atoms with E-state index in [1.54, 1.807) is 0 Å². The number of halogens is 2. The predicted octanol–water partition coefficient (Wildman–Crippen LogP) is 3.20. The number of nitrogens with zero attached hydrogens (tertiary/aromatic N) is 1. The first-order valence-electron chi connectivity index (χ1n) is 7.26. The maximum Gasteiger partial charge on any atom is 0.286 e. The molecule has 2 aromatic carbocycles. The fraction of sp³-hybridized carbons (Fsp3) is 0.188. The number of nitro benzene ring substituents is 1. The molecule has 0 atom stereocenters. The second kappa shape index (κ2) is 7.06. The number of ether oxygens (including phenoxy) is 2. The van der Waals surface area contributed by atoms with Crippen molar-refractivity contribution in [2.45, 2.75) is 6.54 Å². The number of carbonyl (C=O) groups is 1. The Balaban J connectivity index is 1.86. The molecule has 2 aromatic rings. The van der Waals surface area contributed by atoms with Crippen LogP contribution in [0.3, 0.4) is 0 Å². The van der Waals surface area contributed by atoms with Crippen LogP contribution in [0.25, 0.3) is 0 Å². The first-order valence-corrected chi connectivity index (χ1v) is 8.05. The van der Waals surface area contributed by atoms with E-state index in [9.17, 15) is 19.3 Å². The van der Waals surface area contributed by atoms with Gasteiger partial charge in [0.05, 0.1) is 11.0 Å². The van der Waals surface area contributed by atoms with Crippen LogP contribution in [0.1, 0.15) is 15.9 Å². The summed E-state index contributed by atoms with van der Waals surface area (Å²) in [6.45, 7) is 0.578. The summed E-state index contributed by atoms with van der Waals surface area (Å²) in [6, 6.07) is 6.51. The van der Waals surface area contributed by atoms with Crippen molar-refractivity contribution in [1.29, 1.82) is 0 Å². The lowest BCUT2D eigenvalue weighted by atomic mass is 10.1. The van der Waals surface area contributed by atoms with Crippen molar-refractivity contribution >= 4 is 27.5 Å². The minimum atomic E-state index is -0.667. The molecule has 1 aliphatic rings. The molecule has 0 saturated carbocycles. The number of nitrogens with one attached hydrogen (secondary N) is 1. The molecule has 0 radical (unpaired) electrons. The molecular weight excluding hydrogens is 399 g/mol. The number of rotatable bonds is 4. The van der Waals surface area contributed by atoms with Crippen LogP contribution in [0.2, 0.25) is 0 Å². The second-order valence-corrected chi connectivity index (χ2v) is 6.04. The highest BCUT2D eigenvalue weighted by molar-refractivity contribution is 9.10. The van der Waals surface area contributed by atoms with Crippen molar-refractivity contribution < 1.29 is 23.6 Å². The quantitative estimate of drug-likeness (QED) is 0.617. The minimum absolute atomic E-state index is 0.00275. The third kappa shape index (κ3) is 3.71. The number of fused-ring (bicyclic) bond motifs is 1. The van der Waals surface area contributed by atoms with E-state index in [-0.39, 0.29) is 35.9 Å². The molecule has 25 heavy (non-hydrogen) atoms. The number of hydrogen-bond donors (Lipinski definition) is 1. The highest BCUT2D eigenvalue weighted by atomic mass is 79.9. The molecule has 0 spiro atoms. The smallest absolute Gasteiger partial charge is 0.286 e. The molecule has 1 N–H and O–H groups in total.